The Labute approximate surface area is 126 Å². The number of rotatable bonds is 3. The van der Waals surface area contributed by atoms with Gasteiger partial charge in [-0.1, -0.05) is 0 Å². The van der Waals surface area contributed by atoms with Crippen LogP contribution in [0.15, 0.2) is 30.5 Å². The second-order valence-corrected chi connectivity index (χ2v) is 4.23. The molecule has 0 saturated heterocycles. The number of aromatic carboxylic acids is 1. The third-order valence-corrected chi connectivity index (χ3v) is 2.74. The first-order valence-corrected chi connectivity index (χ1v) is 5.94. The summed E-state index contributed by atoms with van der Waals surface area (Å²) in [5.74, 6) is -3.89. The van der Waals surface area contributed by atoms with Gasteiger partial charge >= 0.3 is 18.1 Å². The maximum absolute atomic E-state index is 12.4. The molecular weight excluding hydrogens is 317 g/mol. The number of aromatic nitrogens is 2. The van der Waals surface area contributed by atoms with E-state index < -0.39 is 23.9 Å². The zero-order chi connectivity index (χ0) is 17.2. The van der Waals surface area contributed by atoms with Gasteiger partial charge in [-0.2, -0.15) is 23.5 Å². The van der Waals surface area contributed by atoms with Crippen molar-refractivity contribution >= 4 is 17.7 Å². The number of anilines is 1. The molecule has 0 atom stereocenters. The second-order valence-electron chi connectivity index (χ2n) is 4.23. The summed E-state index contributed by atoms with van der Waals surface area (Å²) in [5.41, 5.74) is -0.138. The van der Waals surface area contributed by atoms with Crippen LogP contribution in [0.1, 0.15) is 15.9 Å². The molecule has 0 aliphatic carbocycles. The lowest BCUT2D eigenvalue weighted by Crippen LogP contribution is -2.31. The number of halogens is 3. The van der Waals surface area contributed by atoms with Gasteiger partial charge in [-0.3, -0.25) is 4.79 Å². The number of carbonyl (C=O) groups is 2. The number of nitrogens with one attached hydrogen (secondary N) is 1. The van der Waals surface area contributed by atoms with Gasteiger partial charge < -0.3 is 10.4 Å². The Kier molecular flexibility index (Phi) is 4.04. The highest BCUT2D eigenvalue weighted by atomic mass is 19.4. The molecule has 0 saturated carbocycles. The molecule has 118 valence electrons. The Morgan fingerprint density at radius 3 is 2.35 bits per heavy atom. The lowest BCUT2D eigenvalue weighted by molar-refractivity contribution is -0.167. The van der Waals surface area contributed by atoms with Crippen molar-refractivity contribution in [3.8, 4) is 11.8 Å². The summed E-state index contributed by atoms with van der Waals surface area (Å²) < 4.78 is 38.0. The first-order chi connectivity index (χ1) is 10.7. The van der Waals surface area contributed by atoms with E-state index in [9.17, 15) is 22.8 Å². The van der Waals surface area contributed by atoms with Gasteiger partial charge in [-0.15, -0.1) is 0 Å². The third-order valence-electron chi connectivity index (χ3n) is 2.74. The van der Waals surface area contributed by atoms with Gasteiger partial charge in [0, 0.05) is 0 Å². The molecule has 0 radical (unpaired) electrons. The molecule has 0 unspecified atom stereocenters. The van der Waals surface area contributed by atoms with Gasteiger partial charge in [0.15, 0.2) is 5.82 Å². The maximum atomic E-state index is 12.4. The fourth-order valence-electron chi connectivity index (χ4n) is 1.67. The van der Waals surface area contributed by atoms with Gasteiger partial charge in [0.2, 0.25) is 0 Å². The van der Waals surface area contributed by atoms with Crippen LogP contribution in [0.4, 0.5) is 19.0 Å². The Morgan fingerprint density at radius 1 is 1.26 bits per heavy atom. The Bertz CT molecular complexity index is 803. The number of alkyl halides is 3. The van der Waals surface area contributed by atoms with E-state index in [4.69, 9.17) is 10.4 Å². The minimum atomic E-state index is -5.13. The minimum Gasteiger partial charge on any atom is -0.478 e. The lowest BCUT2D eigenvalue weighted by atomic mass is 10.2. The number of nitrogens with zero attached hydrogens (tertiary/aromatic N) is 3. The monoisotopic (exact) mass is 324 g/mol. The topological polar surface area (TPSA) is 108 Å². The summed E-state index contributed by atoms with van der Waals surface area (Å²) in [4.78, 5) is 21.8. The minimum absolute atomic E-state index is 0.0395. The van der Waals surface area contributed by atoms with Crippen LogP contribution in [0, 0.1) is 11.3 Å². The van der Waals surface area contributed by atoms with Gasteiger partial charge in [-0.05, 0) is 24.3 Å². The molecule has 1 amide bonds. The molecule has 0 spiro atoms. The molecule has 1 aromatic heterocycles. The van der Waals surface area contributed by atoms with Gasteiger partial charge in [0.1, 0.15) is 11.6 Å². The van der Waals surface area contributed by atoms with Gasteiger partial charge in [-0.25, -0.2) is 9.48 Å². The second kappa shape index (κ2) is 5.80. The molecular formula is C13H7F3N4O3. The van der Waals surface area contributed by atoms with E-state index in [1.165, 1.54) is 24.3 Å². The molecule has 1 aromatic carbocycles. The molecule has 2 rings (SSSR count). The quantitative estimate of drug-likeness (QED) is 0.897. The zero-order valence-corrected chi connectivity index (χ0v) is 11.1. The van der Waals surface area contributed by atoms with E-state index in [1.807, 2.05) is 0 Å². The zero-order valence-electron chi connectivity index (χ0n) is 11.1. The van der Waals surface area contributed by atoms with Crippen molar-refractivity contribution in [1.82, 2.24) is 9.78 Å². The first kappa shape index (κ1) is 16.0. The largest absolute Gasteiger partial charge is 0.478 e. The van der Waals surface area contributed by atoms with Crippen LogP contribution in [0.2, 0.25) is 0 Å². The van der Waals surface area contributed by atoms with Gasteiger partial charge in [0.25, 0.3) is 0 Å². The maximum Gasteiger partial charge on any atom is 0.471 e. The van der Waals surface area contributed by atoms with E-state index in [1.54, 1.807) is 11.4 Å². The smallest absolute Gasteiger partial charge is 0.471 e. The van der Waals surface area contributed by atoms with Crippen molar-refractivity contribution in [2.75, 3.05) is 5.32 Å². The number of benzene rings is 1. The molecule has 1 heterocycles. The van der Waals surface area contributed by atoms with Crippen molar-refractivity contribution in [3.05, 3.63) is 41.6 Å². The Balaban J connectivity index is 2.44. The van der Waals surface area contributed by atoms with Crippen LogP contribution < -0.4 is 5.32 Å². The van der Waals surface area contributed by atoms with Crippen molar-refractivity contribution in [2.45, 2.75) is 6.18 Å². The molecule has 0 aliphatic heterocycles. The van der Waals surface area contributed by atoms with Crippen LogP contribution >= 0.6 is 0 Å². The highest BCUT2D eigenvalue weighted by molar-refractivity contribution is 5.95. The summed E-state index contributed by atoms with van der Waals surface area (Å²) in [6.07, 6.45) is -4.15. The third kappa shape index (κ3) is 3.29. The first-order valence-electron chi connectivity index (χ1n) is 5.94. The molecule has 0 fully saturated rings. The number of carboxylic acid groups (broad SMARTS) is 1. The van der Waals surface area contributed by atoms with Crippen LogP contribution in [-0.4, -0.2) is 32.9 Å². The standard InChI is InChI=1S/C13H7F3N4O3/c14-13(15,16)12(23)19-10-8(5-17)6-18-20(10)9-3-1-7(2-4-9)11(21)22/h1-4,6H,(H,19,23)(H,21,22). The average Bonchev–Trinajstić information content (AvgIpc) is 2.89. The lowest BCUT2D eigenvalue weighted by Gasteiger charge is -2.11. The van der Waals surface area contributed by atoms with Crippen LogP contribution in [-0.2, 0) is 4.79 Å². The normalized spacial score (nSPS) is 10.9. The molecule has 0 aliphatic rings. The van der Waals surface area contributed by atoms with Crippen LogP contribution in [0.3, 0.4) is 0 Å². The average molecular weight is 324 g/mol. The predicted molar refractivity (Wildman–Crippen MR) is 69.9 cm³/mol. The van der Waals surface area contributed by atoms with E-state index in [0.29, 0.717) is 0 Å². The fourth-order valence-corrected chi connectivity index (χ4v) is 1.67. The number of carboxylic acids is 1. The van der Waals surface area contributed by atoms with Crippen molar-refractivity contribution in [1.29, 1.82) is 5.26 Å². The molecule has 10 heteroatoms. The van der Waals surface area contributed by atoms with Crippen LogP contribution in [0.5, 0.6) is 0 Å². The summed E-state index contributed by atoms with van der Waals surface area (Å²) in [7, 11) is 0. The molecule has 23 heavy (non-hydrogen) atoms. The summed E-state index contributed by atoms with van der Waals surface area (Å²) in [6, 6.07) is 6.59. The number of hydrogen-bond acceptors (Lipinski definition) is 4. The Morgan fingerprint density at radius 2 is 1.87 bits per heavy atom. The highest BCUT2D eigenvalue weighted by Crippen LogP contribution is 2.23. The number of carbonyl (C=O) groups excluding carboxylic acids is 1. The van der Waals surface area contributed by atoms with Crippen molar-refractivity contribution in [3.63, 3.8) is 0 Å². The summed E-state index contributed by atoms with van der Waals surface area (Å²) in [6.45, 7) is 0. The molecule has 0 bridgehead atoms. The summed E-state index contributed by atoms with van der Waals surface area (Å²) >= 11 is 0. The predicted octanol–water partition coefficient (Wildman–Crippen LogP) is 1.94. The molecule has 2 aromatic rings. The van der Waals surface area contributed by atoms with E-state index >= 15 is 0 Å². The van der Waals surface area contributed by atoms with Crippen LogP contribution in [0.25, 0.3) is 5.69 Å². The molecule has 7 nitrogen and oxygen atoms in total. The number of nitriles is 1. The molecule has 2 N–H and O–H groups in total. The van der Waals surface area contributed by atoms with Crippen molar-refractivity contribution in [2.24, 2.45) is 0 Å². The SMILES string of the molecule is N#Cc1cnn(-c2ccc(C(=O)O)cc2)c1NC(=O)C(F)(F)F. The number of hydrogen-bond donors (Lipinski definition) is 2. The Hall–Kier alpha value is -3.35. The highest BCUT2D eigenvalue weighted by Gasteiger charge is 2.39. The van der Waals surface area contributed by atoms with Gasteiger partial charge in [0.05, 0.1) is 17.4 Å². The number of amides is 1. The van der Waals surface area contributed by atoms with Crippen molar-refractivity contribution < 1.29 is 27.9 Å². The van der Waals surface area contributed by atoms with E-state index in [2.05, 4.69) is 5.10 Å². The summed E-state index contributed by atoms with van der Waals surface area (Å²) in [5, 5.41) is 23.0. The fraction of sp³-hybridized carbons (Fsp3) is 0.0769. The van der Waals surface area contributed by atoms with E-state index in [0.717, 1.165) is 10.9 Å². The van der Waals surface area contributed by atoms with E-state index in [-0.39, 0.29) is 16.8 Å².